The lowest BCUT2D eigenvalue weighted by molar-refractivity contribution is 0.288. The summed E-state index contributed by atoms with van der Waals surface area (Å²) in [5.41, 5.74) is 6.03. The number of hydrogen-bond donors (Lipinski definition) is 1. The van der Waals surface area contributed by atoms with E-state index in [0.717, 1.165) is 16.6 Å². The van der Waals surface area contributed by atoms with Crippen LogP contribution in [0.2, 0.25) is 0 Å². The zero-order valence-corrected chi connectivity index (χ0v) is 11.7. The molecule has 2 rings (SSSR count). The van der Waals surface area contributed by atoms with E-state index in [9.17, 15) is 0 Å². The van der Waals surface area contributed by atoms with Crippen molar-refractivity contribution in [3.05, 3.63) is 51.1 Å². The van der Waals surface area contributed by atoms with Crippen molar-refractivity contribution in [1.82, 2.24) is 0 Å². The van der Waals surface area contributed by atoms with Gasteiger partial charge in [0.25, 0.3) is 0 Å². The molecule has 1 heterocycles. The third-order valence-corrected chi connectivity index (χ3v) is 4.01. The molecule has 0 spiro atoms. The van der Waals surface area contributed by atoms with E-state index in [-0.39, 0.29) is 6.04 Å². The quantitative estimate of drug-likeness (QED) is 0.917. The van der Waals surface area contributed by atoms with Gasteiger partial charge in [0.15, 0.2) is 0 Å². The lowest BCUT2D eigenvalue weighted by Crippen LogP contribution is -2.29. The summed E-state index contributed by atoms with van der Waals surface area (Å²) in [6.07, 6.45) is 0.850. The van der Waals surface area contributed by atoms with Crippen LogP contribution in [-0.4, -0.2) is 12.6 Å². The van der Waals surface area contributed by atoms with Gasteiger partial charge in [-0.3, -0.25) is 0 Å². The van der Waals surface area contributed by atoms with Crippen LogP contribution >= 0.6 is 27.3 Å². The Morgan fingerprint density at radius 1 is 1.29 bits per heavy atom. The van der Waals surface area contributed by atoms with Crippen molar-refractivity contribution in [2.45, 2.75) is 12.5 Å². The average Bonchev–Trinajstić information content (AvgIpc) is 2.73. The Balaban J connectivity index is 1.80. The van der Waals surface area contributed by atoms with Gasteiger partial charge in [0.05, 0.1) is 0 Å². The fraction of sp³-hybridized carbons (Fsp3) is 0.231. The Kier molecular flexibility index (Phi) is 4.59. The van der Waals surface area contributed by atoms with E-state index in [4.69, 9.17) is 10.5 Å². The third-order valence-electron chi connectivity index (χ3n) is 2.29. The van der Waals surface area contributed by atoms with Crippen LogP contribution < -0.4 is 10.5 Å². The summed E-state index contributed by atoms with van der Waals surface area (Å²) in [6.45, 7) is 0.541. The number of thiophene rings is 1. The molecule has 2 nitrogen and oxygen atoms in total. The van der Waals surface area contributed by atoms with E-state index in [2.05, 4.69) is 27.4 Å². The summed E-state index contributed by atoms with van der Waals surface area (Å²) in [4.78, 5) is 1.28. The molecule has 0 bridgehead atoms. The van der Waals surface area contributed by atoms with Crippen LogP contribution in [0.25, 0.3) is 0 Å². The molecule has 0 aliphatic heterocycles. The summed E-state index contributed by atoms with van der Waals surface area (Å²) in [6, 6.07) is 11.9. The Morgan fingerprint density at radius 3 is 2.71 bits per heavy atom. The summed E-state index contributed by atoms with van der Waals surface area (Å²) >= 11 is 5.15. The van der Waals surface area contributed by atoms with E-state index in [1.165, 1.54) is 4.88 Å². The molecule has 2 aromatic rings. The van der Waals surface area contributed by atoms with Crippen molar-refractivity contribution in [3.8, 4) is 5.75 Å². The highest BCUT2D eigenvalue weighted by Crippen LogP contribution is 2.20. The van der Waals surface area contributed by atoms with Gasteiger partial charge in [-0.05, 0) is 34.1 Å². The lowest BCUT2D eigenvalue weighted by atomic mass is 10.2. The molecule has 1 atom stereocenters. The fourth-order valence-electron chi connectivity index (χ4n) is 1.50. The Bertz CT molecular complexity index is 457. The molecule has 1 aromatic heterocycles. The second-order valence-corrected chi connectivity index (χ2v) is 5.73. The first-order valence-corrected chi connectivity index (χ1v) is 7.07. The zero-order valence-electron chi connectivity index (χ0n) is 9.30. The van der Waals surface area contributed by atoms with Crippen molar-refractivity contribution < 1.29 is 4.74 Å². The van der Waals surface area contributed by atoms with Gasteiger partial charge in [-0.2, -0.15) is 0 Å². The molecule has 0 radical (unpaired) electrons. The van der Waals surface area contributed by atoms with Crippen LogP contribution in [-0.2, 0) is 6.42 Å². The molecule has 90 valence electrons. The van der Waals surface area contributed by atoms with E-state index >= 15 is 0 Å². The molecular formula is C13H14BrNOS. The second-order valence-electron chi connectivity index (χ2n) is 3.82. The first-order valence-electron chi connectivity index (χ1n) is 5.40. The van der Waals surface area contributed by atoms with Gasteiger partial charge in [0.2, 0.25) is 0 Å². The van der Waals surface area contributed by atoms with E-state index < -0.39 is 0 Å². The number of para-hydroxylation sites is 1. The van der Waals surface area contributed by atoms with Gasteiger partial charge in [-0.15, -0.1) is 11.3 Å². The monoisotopic (exact) mass is 311 g/mol. The number of benzene rings is 1. The molecular weight excluding hydrogens is 298 g/mol. The van der Waals surface area contributed by atoms with Crippen LogP contribution in [0.15, 0.2) is 46.3 Å². The van der Waals surface area contributed by atoms with Crippen LogP contribution in [0, 0.1) is 0 Å². The number of rotatable bonds is 5. The molecule has 1 unspecified atom stereocenters. The van der Waals surface area contributed by atoms with E-state index in [0.29, 0.717) is 6.61 Å². The van der Waals surface area contributed by atoms with Crippen molar-refractivity contribution in [2.75, 3.05) is 6.61 Å². The summed E-state index contributed by atoms with van der Waals surface area (Å²) in [5.74, 6) is 0.871. The van der Waals surface area contributed by atoms with Gasteiger partial charge in [0.1, 0.15) is 12.4 Å². The number of hydrogen-bond acceptors (Lipinski definition) is 3. The average molecular weight is 312 g/mol. The van der Waals surface area contributed by atoms with Crippen LogP contribution in [0.5, 0.6) is 5.75 Å². The topological polar surface area (TPSA) is 35.2 Å². The summed E-state index contributed by atoms with van der Waals surface area (Å²) < 4.78 is 6.73. The number of halogens is 1. The highest BCUT2D eigenvalue weighted by Gasteiger charge is 2.07. The SMILES string of the molecule is NC(COc1ccccc1)Cc1cc(Br)cs1. The van der Waals surface area contributed by atoms with Gasteiger partial charge >= 0.3 is 0 Å². The maximum atomic E-state index is 6.03. The summed E-state index contributed by atoms with van der Waals surface area (Å²) in [7, 11) is 0. The van der Waals surface area contributed by atoms with E-state index in [1.54, 1.807) is 11.3 Å². The molecule has 0 saturated carbocycles. The first-order chi connectivity index (χ1) is 8.24. The Hall–Kier alpha value is -0.840. The molecule has 0 aliphatic rings. The van der Waals surface area contributed by atoms with Crippen molar-refractivity contribution >= 4 is 27.3 Å². The second kappa shape index (κ2) is 6.19. The van der Waals surface area contributed by atoms with Crippen LogP contribution in [0.4, 0.5) is 0 Å². The molecule has 4 heteroatoms. The molecule has 0 amide bonds. The lowest BCUT2D eigenvalue weighted by Gasteiger charge is -2.12. The molecule has 1 aromatic carbocycles. The Labute approximate surface area is 114 Å². The number of nitrogens with two attached hydrogens (primary N) is 1. The third kappa shape index (κ3) is 4.15. The summed E-state index contributed by atoms with van der Waals surface area (Å²) in [5, 5.41) is 2.07. The smallest absolute Gasteiger partial charge is 0.119 e. The van der Waals surface area contributed by atoms with Gasteiger partial charge in [-0.1, -0.05) is 18.2 Å². The van der Waals surface area contributed by atoms with Gasteiger partial charge < -0.3 is 10.5 Å². The minimum atomic E-state index is 0.0285. The molecule has 0 aliphatic carbocycles. The predicted molar refractivity (Wildman–Crippen MR) is 75.6 cm³/mol. The highest BCUT2D eigenvalue weighted by molar-refractivity contribution is 9.10. The van der Waals surface area contributed by atoms with Gasteiger partial charge in [-0.25, -0.2) is 0 Å². The van der Waals surface area contributed by atoms with Crippen molar-refractivity contribution in [1.29, 1.82) is 0 Å². The fourth-order valence-corrected chi connectivity index (χ4v) is 3.04. The molecule has 0 fully saturated rings. The number of ether oxygens (including phenoxy) is 1. The maximum Gasteiger partial charge on any atom is 0.119 e. The molecule has 2 N–H and O–H groups in total. The Morgan fingerprint density at radius 2 is 2.06 bits per heavy atom. The van der Waals surface area contributed by atoms with Gasteiger partial charge in [0, 0.05) is 27.2 Å². The largest absolute Gasteiger partial charge is 0.492 e. The minimum absolute atomic E-state index is 0.0285. The predicted octanol–water partition coefficient (Wildman–Crippen LogP) is 3.46. The van der Waals surface area contributed by atoms with Crippen molar-refractivity contribution in [3.63, 3.8) is 0 Å². The standard InChI is InChI=1S/C13H14BrNOS/c14-10-6-13(17-9-10)7-11(15)8-16-12-4-2-1-3-5-12/h1-6,9,11H,7-8,15H2. The highest BCUT2D eigenvalue weighted by atomic mass is 79.9. The van der Waals surface area contributed by atoms with Crippen molar-refractivity contribution in [2.24, 2.45) is 5.73 Å². The normalized spacial score (nSPS) is 12.4. The van der Waals surface area contributed by atoms with E-state index in [1.807, 2.05) is 30.3 Å². The first kappa shape index (κ1) is 12.6. The zero-order chi connectivity index (χ0) is 12.1. The molecule has 17 heavy (non-hydrogen) atoms. The minimum Gasteiger partial charge on any atom is -0.492 e. The maximum absolute atomic E-state index is 6.03. The molecule has 0 saturated heterocycles. The van der Waals surface area contributed by atoms with Crippen LogP contribution in [0.3, 0.4) is 0 Å². The van der Waals surface area contributed by atoms with Crippen LogP contribution in [0.1, 0.15) is 4.88 Å².